The number of thiazole rings is 1. The molecule has 1 saturated heterocycles. The third kappa shape index (κ3) is 2.43. The van der Waals surface area contributed by atoms with Gasteiger partial charge in [0.05, 0.1) is 5.69 Å². The highest BCUT2D eigenvalue weighted by Crippen LogP contribution is 2.17. The molecule has 1 aliphatic rings. The van der Waals surface area contributed by atoms with E-state index in [0.29, 0.717) is 0 Å². The summed E-state index contributed by atoms with van der Waals surface area (Å²) in [6.45, 7) is 3.39. The highest BCUT2D eigenvalue weighted by Gasteiger charge is 2.11. The molecule has 0 aliphatic carbocycles. The molecule has 0 amide bonds. The second-order valence-electron chi connectivity index (χ2n) is 3.63. The highest BCUT2D eigenvalue weighted by atomic mass is 32.1. The molecular weight excluding hydrogens is 196 g/mol. The number of piperidine rings is 1. The molecule has 0 unspecified atom stereocenters. The number of hydrogen-bond donors (Lipinski definition) is 2. The van der Waals surface area contributed by atoms with Crippen molar-refractivity contribution in [2.24, 2.45) is 5.84 Å². The molecule has 1 aromatic heterocycles. The molecule has 14 heavy (non-hydrogen) atoms. The molecule has 2 heterocycles. The van der Waals surface area contributed by atoms with Crippen molar-refractivity contribution in [2.75, 3.05) is 18.5 Å². The maximum absolute atomic E-state index is 5.28. The van der Waals surface area contributed by atoms with Crippen molar-refractivity contribution in [1.82, 2.24) is 9.88 Å². The number of likely N-dealkylation sites (tertiary alicyclic amines) is 1. The first-order chi connectivity index (χ1) is 6.88. The van der Waals surface area contributed by atoms with Crippen LogP contribution in [0.3, 0.4) is 0 Å². The van der Waals surface area contributed by atoms with Gasteiger partial charge in [0.2, 0.25) is 0 Å². The number of nitrogens with one attached hydrogen (secondary N) is 1. The fourth-order valence-electron chi connectivity index (χ4n) is 1.79. The van der Waals surface area contributed by atoms with E-state index in [1.165, 1.54) is 32.4 Å². The zero-order valence-electron chi connectivity index (χ0n) is 8.20. The van der Waals surface area contributed by atoms with Crippen molar-refractivity contribution in [2.45, 2.75) is 25.8 Å². The summed E-state index contributed by atoms with van der Waals surface area (Å²) in [7, 11) is 0. The first kappa shape index (κ1) is 9.89. The first-order valence-electron chi connectivity index (χ1n) is 5.02. The van der Waals surface area contributed by atoms with E-state index in [2.05, 4.69) is 20.7 Å². The molecule has 0 saturated carbocycles. The maximum atomic E-state index is 5.28. The molecule has 2 rings (SSSR count). The van der Waals surface area contributed by atoms with Gasteiger partial charge in [-0.15, -0.1) is 11.3 Å². The van der Waals surface area contributed by atoms with E-state index in [4.69, 9.17) is 5.84 Å². The smallest absolute Gasteiger partial charge is 0.197 e. The van der Waals surface area contributed by atoms with Crippen molar-refractivity contribution in [1.29, 1.82) is 0 Å². The van der Waals surface area contributed by atoms with E-state index in [-0.39, 0.29) is 0 Å². The summed E-state index contributed by atoms with van der Waals surface area (Å²) in [4.78, 5) is 6.82. The van der Waals surface area contributed by atoms with Gasteiger partial charge < -0.3 is 0 Å². The minimum absolute atomic E-state index is 0.803. The Kier molecular flexibility index (Phi) is 3.34. The third-order valence-electron chi connectivity index (χ3n) is 2.51. The highest BCUT2D eigenvalue weighted by molar-refractivity contribution is 7.13. The summed E-state index contributed by atoms with van der Waals surface area (Å²) in [6, 6.07) is 0. The summed E-state index contributed by atoms with van der Waals surface area (Å²) >= 11 is 1.56. The summed E-state index contributed by atoms with van der Waals surface area (Å²) in [6.07, 6.45) is 4.03. The van der Waals surface area contributed by atoms with Crippen molar-refractivity contribution in [3.8, 4) is 0 Å². The van der Waals surface area contributed by atoms with Gasteiger partial charge in [-0.1, -0.05) is 6.42 Å². The van der Waals surface area contributed by atoms with Gasteiger partial charge in [0, 0.05) is 11.9 Å². The first-order valence-corrected chi connectivity index (χ1v) is 5.90. The second kappa shape index (κ2) is 4.72. The average Bonchev–Trinajstić information content (AvgIpc) is 2.67. The Balaban J connectivity index is 1.89. The van der Waals surface area contributed by atoms with Gasteiger partial charge in [0.15, 0.2) is 5.13 Å². The topological polar surface area (TPSA) is 54.2 Å². The van der Waals surface area contributed by atoms with Crippen LogP contribution in [-0.4, -0.2) is 23.0 Å². The molecule has 0 atom stereocenters. The van der Waals surface area contributed by atoms with Crippen LogP contribution in [0.25, 0.3) is 0 Å². The van der Waals surface area contributed by atoms with Crippen molar-refractivity contribution < 1.29 is 0 Å². The Morgan fingerprint density at radius 3 is 2.86 bits per heavy atom. The summed E-state index contributed by atoms with van der Waals surface area (Å²) in [5, 5.41) is 2.88. The van der Waals surface area contributed by atoms with Crippen LogP contribution in [0.4, 0.5) is 5.13 Å². The molecule has 3 N–H and O–H groups in total. The molecule has 0 aromatic carbocycles. The van der Waals surface area contributed by atoms with E-state index in [9.17, 15) is 0 Å². The van der Waals surface area contributed by atoms with E-state index in [0.717, 1.165) is 17.4 Å². The van der Waals surface area contributed by atoms with Crippen molar-refractivity contribution in [3.05, 3.63) is 11.1 Å². The van der Waals surface area contributed by atoms with Crippen LogP contribution < -0.4 is 11.3 Å². The van der Waals surface area contributed by atoms with Gasteiger partial charge in [-0.2, -0.15) is 0 Å². The van der Waals surface area contributed by atoms with Gasteiger partial charge >= 0.3 is 0 Å². The molecule has 78 valence electrons. The van der Waals surface area contributed by atoms with Gasteiger partial charge in [0.1, 0.15) is 0 Å². The van der Waals surface area contributed by atoms with Crippen LogP contribution in [-0.2, 0) is 6.54 Å². The Hall–Kier alpha value is -0.650. The number of nitrogens with zero attached hydrogens (tertiary/aromatic N) is 2. The lowest BCUT2D eigenvalue weighted by atomic mass is 10.1. The van der Waals surface area contributed by atoms with Crippen LogP contribution in [0.1, 0.15) is 25.0 Å². The minimum Gasteiger partial charge on any atom is -0.300 e. The maximum Gasteiger partial charge on any atom is 0.197 e. The van der Waals surface area contributed by atoms with Crippen LogP contribution in [0.15, 0.2) is 5.38 Å². The van der Waals surface area contributed by atoms with Crippen LogP contribution >= 0.6 is 11.3 Å². The fourth-order valence-corrected chi connectivity index (χ4v) is 2.41. The molecule has 0 spiro atoms. The van der Waals surface area contributed by atoms with Gasteiger partial charge in [-0.3, -0.25) is 10.3 Å². The Morgan fingerprint density at radius 1 is 1.43 bits per heavy atom. The summed E-state index contributed by atoms with van der Waals surface area (Å²) in [5.74, 6) is 5.28. The van der Waals surface area contributed by atoms with Gasteiger partial charge in [-0.05, 0) is 25.9 Å². The number of nitrogens with two attached hydrogens (primary N) is 1. The molecule has 0 bridgehead atoms. The molecule has 5 heteroatoms. The number of rotatable bonds is 3. The van der Waals surface area contributed by atoms with Crippen molar-refractivity contribution >= 4 is 16.5 Å². The van der Waals surface area contributed by atoms with E-state index in [1.807, 2.05) is 0 Å². The molecule has 1 fully saturated rings. The number of hydrogen-bond acceptors (Lipinski definition) is 5. The molecule has 1 aliphatic heterocycles. The van der Waals surface area contributed by atoms with E-state index >= 15 is 0 Å². The quantitative estimate of drug-likeness (QED) is 0.587. The zero-order valence-corrected chi connectivity index (χ0v) is 9.02. The van der Waals surface area contributed by atoms with Crippen molar-refractivity contribution in [3.63, 3.8) is 0 Å². The molecule has 1 aromatic rings. The van der Waals surface area contributed by atoms with Crippen LogP contribution in [0, 0.1) is 0 Å². The number of anilines is 1. The third-order valence-corrected chi connectivity index (χ3v) is 3.33. The number of aromatic nitrogens is 1. The van der Waals surface area contributed by atoms with Gasteiger partial charge in [-0.25, -0.2) is 10.8 Å². The normalized spacial score (nSPS) is 18.4. The second-order valence-corrected chi connectivity index (χ2v) is 4.48. The fraction of sp³-hybridized carbons (Fsp3) is 0.667. The zero-order chi connectivity index (χ0) is 9.80. The van der Waals surface area contributed by atoms with E-state index < -0.39 is 0 Å². The molecular formula is C9H16N4S. The SMILES string of the molecule is NNc1nc(CN2CCCCC2)cs1. The standard InChI is InChI=1S/C9H16N4S/c10-12-9-11-8(7-14-9)6-13-4-2-1-3-5-13/h7H,1-6,10H2,(H,11,12). The monoisotopic (exact) mass is 212 g/mol. The Bertz CT molecular complexity index is 280. The minimum atomic E-state index is 0.803. The van der Waals surface area contributed by atoms with E-state index in [1.54, 1.807) is 11.3 Å². The number of hydrazine groups is 1. The lowest BCUT2D eigenvalue weighted by molar-refractivity contribution is 0.219. The number of nitrogen functional groups attached to an aromatic ring is 1. The predicted molar refractivity (Wildman–Crippen MR) is 59.1 cm³/mol. The summed E-state index contributed by atoms with van der Waals surface area (Å²) in [5.41, 5.74) is 3.70. The predicted octanol–water partition coefficient (Wildman–Crippen LogP) is 1.41. The van der Waals surface area contributed by atoms with Crippen LogP contribution in [0.2, 0.25) is 0 Å². The van der Waals surface area contributed by atoms with Crippen LogP contribution in [0.5, 0.6) is 0 Å². The lowest BCUT2D eigenvalue weighted by Crippen LogP contribution is -2.29. The van der Waals surface area contributed by atoms with Gasteiger partial charge in [0.25, 0.3) is 0 Å². The Labute approximate surface area is 88.1 Å². The molecule has 0 radical (unpaired) electrons. The summed E-state index contributed by atoms with van der Waals surface area (Å²) < 4.78 is 0. The largest absolute Gasteiger partial charge is 0.300 e. The average molecular weight is 212 g/mol. The molecule has 4 nitrogen and oxygen atoms in total. The lowest BCUT2D eigenvalue weighted by Gasteiger charge is -2.25. The Morgan fingerprint density at radius 2 is 2.21 bits per heavy atom.